The monoisotopic (exact) mass is 279 g/mol. The molecule has 2 aromatic rings. The highest BCUT2D eigenvalue weighted by Gasteiger charge is 2.34. The van der Waals surface area contributed by atoms with E-state index in [4.69, 9.17) is 4.98 Å². The average Bonchev–Trinajstić information content (AvgIpc) is 2.82. The highest BCUT2D eigenvalue weighted by Crippen LogP contribution is 2.45. The van der Waals surface area contributed by atoms with Gasteiger partial charge in [0.15, 0.2) is 0 Å². The molecule has 0 saturated carbocycles. The number of aliphatic hydroxyl groups excluding tert-OH is 1. The van der Waals surface area contributed by atoms with Crippen molar-refractivity contribution >= 4 is 22.7 Å². The summed E-state index contributed by atoms with van der Waals surface area (Å²) < 4.78 is 0. The van der Waals surface area contributed by atoms with Crippen molar-refractivity contribution in [3.63, 3.8) is 0 Å². The van der Waals surface area contributed by atoms with Crippen LogP contribution < -0.4 is 0 Å². The molecular formula is C14H17NOS2. The van der Waals surface area contributed by atoms with E-state index in [0.717, 1.165) is 28.4 Å². The summed E-state index contributed by atoms with van der Waals surface area (Å²) in [7, 11) is 0. The van der Waals surface area contributed by atoms with Gasteiger partial charge in [-0.2, -0.15) is 11.3 Å². The maximum atomic E-state index is 10.3. The summed E-state index contributed by atoms with van der Waals surface area (Å²) in [4.78, 5) is 5.84. The van der Waals surface area contributed by atoms with Crippen molar-refractivity contribution in [2.24, 2.45) is 5.41 Å². The lowest BCUT2D eigenvalue weighted by atomic mass is 9.77. The van der Waals surface area contributed by atoms with Crippen molar-refractivity contribution in [1.82, 2.24) is 4.98 Å². The molecule has 0 saturated heterocycles. The van der Waals surface area contributed by atoms with Gasteiger partial charge in [-0.1, -0.05) is 13.8 Å². The van der Waals surface area contributed by atoms with Crippen molar-refractivity contribution in [2.45, 2.75) is 39.7 Å². The van der Waals surface area contributed by atoms with E-state index in [2.05, 4.69) is 31.5 Å². The Morgan fingerprint density at radius 3 is 2.83 bits per heavy atom. The van der Waals surface area contributed by atoms with E-state index in [9.17, 15) is 5.11 Å². The molecule has 0 radical (unpaired) electrons. The summed E-state index contributed by atoms with van der Waals surface area (Å²) in [6, 6.07) is 0. The molecule has 18 heavy (non-hydrogen) atoms. The first-order chi connectivity index (χ1) is 8.46. The zero-order chi connectivity index (χ0) is 12.9. The summed E-state index contributed by atoms with van der Waals surface area (Å²) >= 11 is 3.37. The predicted molar refractivity (Wildman–Crippen MR) is 77.2 cm³/mol. The molecule has 1 aliphatic carbocycles. The molecule has 0 aromatic carbocycles. The smallest absolute Gasteiger partial charge is 0.125 e. The van der Waals surface area contributed by atoms with Crippen LogP contribution in [0.25, 0.3) is 10.6 Å². The minimum absolute atomic E-state index is 0.154. The summed E-state index contributed by atoms with van der Waals surface area (Å²) in [5, 5.41) is 15.6. The Labute approximate surface area is 115 Å². The lowest BCUT2D eigenvalue weighted by Gasteiger charge is -2.31. The minimum Gasteiger partial charge on any atom is -0.387 e. The summed E-state index contributed by atoms with van der Waals surface area (Å²) in [5.74, 6) is 0. The van der Waals surface area contributed by atoms with E-state index < -0.39 is 0 Å². The number of nitrogens with zero attached hydrogens (tertiary/aromatic N) is 1. The maximum absolute atomic E-state index is 10.3. The molecule has 0 aliphatic heterocycles. The van der Waals surface area contributed by atoms with Crippen LogP contribution in [0.1, 0.15) is 42.5 Å². The molecule has 2 nitrogen and oxygen atoms in total. The second kappa shape index (κ2) is 4.15. The molecular weight excluding hydrogens is 262 g/mol. The van der Waals surface area contributed by atoms with Gasteiger partial charge < -0.3 is 5.11 Å². The Bertz CT molecular complexity index is 582. The number of aliphatic hydroxyl groups is 1. The number of rotatable bonds is 1. The summed E-state index contributed by atoms with van der Waals surface area (Å²) in [5.41, 5.74) is 3.76. The van der Waals surface area contributed by atoms with Crippen LogP contribution in [-0.4, -0.2) is 10.1 Å². The predicted octanol–water partition coefficient (Wildman–Crippen LogP) is 4.19. The highest BCUT2D eigenvalue weighted by atomic mass is 32.1. The van der Waals surface area contributed by atoms with Gasteiger partial charge in [-0.3, -0.25) is 0 Å². The van der Waals surface area contributed by atoms with Crippen LogP contribution in [0.15, 0.2) is 10.8 Å². The lowest BCUT2D eigenvalue weighted by molar-refractivity contribution is 0.102. The van der Waals surface area contributed by atoms with Crippen LogP contribution >= 0.6 is 22.7 Å². The average molecular weight is 279 g/mol. The number of hydrogen-bond donors (Lipinski definition) is 1. The van der Waals surface area contributed by atoms with Gasteiger partial charge in [0.1, 0.15) is 5.01 Å². The fraction of sp³-hybridized carbons (Fsp3) is 0.500. The standard InChI is InChI=1S/C14H17NOS2/c1-8-6-17-7-9(8)13-15-10-4-14(2,3)5-11(16)12(10)18-13/h6-7,11,16H,4-5H2,1-3H3. The minimum atomic E-state index is -0.339. The van der Waals surface area contributed by atoms with E-state index in [1.54, 1.807) is 22.7 Å². The van der Waals surface area contributed by atoms with Gasteiger partial charge in [-0.25, -0.2) is 4.98 Å². The van der Waals surface area contributed by atoms with Gasteiger partial charge in [0.05, 0.1) is 16.7 Å². The van der Waals surface area contributed by atoms with Gasteiger partial charge in [0.2, 0.25) is 0 Å². The number of hydrogen-bond acceptors (Lipinski definition) is 4. The number of aryl methyl sites for hydroxylation is 1. The zero-order valence-corrected chi connectivity index (χ0v) is 12.5. The molecule has 4 heteroatoms. The van der Waals surface area contributed by atoms with Crippen molar-refractivity contribution in [3.8, 4) is 10.6 Å². The summed E-state index contributed by atoms with van der Waals surface area (Å²) in [6.07, 6.45) is 1.47. The molecule has 1 aliphatic rings. The molecule has 3 rings (SSSR count). The maximum Gasteiger partial charge on any atom is 0.125 e. The Kier molecular flexibility index (Phi) is 2.84. The quantitative estimate of drug-likeness (QED) is 0.849. The molecule has 1 N–H and O–H groups in total. The third kappa shape index (κ3) is 2.02. The molecule has 0 fully saturated rings. The Morgan fingerprint density at radius 2 is 2.17 bits per heavy atom. The van der Waals surface area contributed by atoms with Crippen molar-refractivity contribution < 1.29 is 5.11 Å². The van der Waals surface area contributed by atoms with Crippen LogP contribution in [0.5, 0.6) is 0 Å². The largest absolute Gasteiger partial charge is 0.387 e. The van der Waals surface area contributed by atoms with Gasteiger partial charge in [-0.15, -0.1) is 11.3 Å². The van der Waals surface area contributed by atoms with Crippen LogP contribution in [-0.2, 0) is 6.42 Å². The molecule has 1 atom stereocenters. The van der Waals surface area contributed by atoms with Gasteiger partial charge >= 0.3 is 0 Å². The molecule has 0 spiro atoms. The van der Waals surface area contributed by atoms with Crippen molar-refractivity contribution in [2.75, 3.05) is 0 Å². The number of thiophene rings is 1. The van der Waals surface area contributed by atoms with Crippen molar-refractivity contribution in [1.29, 1.82) is 0 Å². The normalized spacial score (nSPS) is 21.9. The lowest BCUT2D eigenvalue weighted by Crippen LogP contribution is -2.24. The van der Waals surface area contributed by atoms with E-state index in [1.165, 1.54) is 11.1 Å². The SMILES string of the molecule is Cc1cscc1-c1nc2c(s1)C(O)CC(C)(C)C2. The second-order valence-electron chi connectivity index (χ2n) is 5.86. The molecule has 2 aromatic heterocycles. The number of aromatic nitrogens is 1. The fourth-order valence-corrected chi connectivity index (χ4v) is 4.64. The van der Waals surface area contributed by atoms with Crippen LogP contribution in [0, 0.1) is 12.3 Å². The Morgan fingerprint density at radius 1 is 1.39 bits per heavy atom. The molecule has 96 valence electrons. The fourth-order valence-electron chi connectivity index (χ4n) is 2.59. The van der Waals surface area contributed by atoms with E-state index in [-0.39, 0.29) is 11.5 Å². The number of fused-ring (bicyclic) bond motifs is 1. The highest BCUT2D eigenvalue weighted by molar-refractivity contribution is 7.15. The Balaban J connectivity index is 2.06. The van der Waals surface area contributed by atoms with Crippen LogP contribution in [0.3, 0.4) is 0 Å². The topological polar surface area (TPSA) is 33.1 Å². The van der Waals surface area contributed by atoms with E-state index in [1.807, 2.05) is 0 Å². The van der Waals surface area contributed by atoms with E-state index >= 15 is 0 Å². The third-order valence-corrected chi connectivity index (χ3v) is 5.60. The number of thiazole rings is 1. The van der Waals surface area contributed by atoms with Crippen molar-refractivity contribution in [3.05, 3.63) is 26.9 Å². The first-order valence-electron chi connectivity index (χ1n) is 6.17. The first kappa shape index (κ1) is 12.3. The van der Waals surface area contributed by atoms with Crippen LogP contribution in [0.4, 0.5) is 0 Å². The first-order valence-corrected chi connectivity index (χ1v) is 7.93. The molecule has 0 bridgehead atoms. The van der Waals surface area contributed by atoms with Gasteiger partial charge in [0.25, 0.3) is 0 Å². The second-order valence-corrected chi connectivity index (χ2v) is 7.63. The molecule has 2 heterocycles. The van der Waals surface area contributed by atoms with E-state index in [0.29, 0.717) is 0 Å². The summed E-state index contributed by atoms with van der Waals surface area (Å²) in [6.45, 7) is 6.52. The third-order valence-electron chi connectivity index (χ3n) is 3.51. The molecule has 1 unspecified atom stereocenters. The Hall–Kier alpha value is -0.710. The van der Waals surface area contributed by atoms with Gasteiger partial charge in [-0.05, 0) is 36.1 Å². The van der Waals surface area contributed by atoms with Crippen LogP contribution in [0.2, 0.25) is 0 Å². The zero-order valence-electron chi connectivity index (χ0n) is 10.9. The molecule has 0 amide bonds. The van der Waals surface area contributed by atoms with Gasteiger partial charge in [0, 0.05) is 10.9 Å².